The highest BCUT2D eigenvalue weighted by atomic mass is 79.9. The maximum absolute atomic E-state index is 6.45. The lowest BCUT2D eigenvalue weighted by molar-refractivity contribution is 0.0884. The first-order valence-electron chi connectivity index (χ1n) is 15.5. The Kier molecular flexibility index (Phi) is 14.0. The molecule has 0 spiro atoms. The minimum atomic E-state index is -1.55. The van der Waals surface area contributed by atoms with Crippen LogP contribution in [0.5, 0.6) is 0 Å². The second kappa shape index (κ2) is 15.9. The molecule has 3 unspecified atom stereocenters. The third-order valence-corrected chi connectivity index (χ3v) is 18.4. The van der Waals surface area contributed by atoms with Crippen molar-refractivity contribution < 1.29 is 9.47 Å². The average molecular weight is 883 g/mol. The molecule has 0 saturated heterocycles. The molecule has 0 fully saturated rings. The Morgan fingerprint density at radius 1 is 0.952 bits per heavy atom. The van der Waals surface area contributed by atoms with Crippen molar-refractivity contribution in [1.29, 1.82) is 0 Å². The van der Waals surface area contributed by atoms with Crippen LogP contribution in [-0.4, -0.2) is 49.8 Å². The van der Waals surface area contributed by atoms with Crippen molar-refractivity contribution in [1.82, 2.24) is 0 Å². The first kappa shape index (κ1) is 37.0. The first-order valence-corrected chi connectivity index (χ1v) is 27.8. The van der Waals surface area contributed by atoms with E-state index in [4.69, 9.17) is 9.47 Å². The van der Waals surface area contributed by atoms with Crippen LogP contribution in [0.2, 0.25) is 45.3 Å². The van der Waals surface area contributed by atoms with Crippen LogP contribution >= 0.6 is 63.7 Å². The summed E-state index contributed by atoms with van der Waals surface area (Å²) >= 11 is 15.5. The van der Waals surface area contributed by atoms with E-state index in [1.807, 2.05) is 0 Å². The molecule has 2 aliphatic rings. The average Bonchev–Trinajstić information content (AvgIpc) is 2.91. The molecule has 234 valence electrons. The molecule has 1 aromatic carbocycles. The Hall–Kier alpha value is 0.511. The zero-order chi connectivity index (χ0) is 31.4. The lowest BCUT2D eigenvalue weighted by atomic mass is 9.69. The number of alkyl halides is 1. The molecule has 0 heterocycles. The summed E-state index contributed by atoms with van der Waals surface area (Å²) in [7, 11) is -3.20. The fourth-order valence-corrected chi connectivity index (χ4v) is 14.0. The summed E-state index contributed by atoms with van der Waals surface area (Å²) in [5.74, 6) is 1.29. The highest BCUT2D eigenvalue weighted by Gasteiger charge is 2.38. The second-order valence-electron chi connectivity index (χ2n) is 13.7. The first-order chi connectivity index (χ1) is 19.6. The summed E-state index contributed by atoms with van der Waals surface area (Å²) in [6.45, 7) is 23.2. The number of hydrogen-bond donors (Lipinski definition) is 0. The van der Waals surface area contributed by atoms with Gasteiger partial charge in [-0.2, -0.15) is 0 Å². The Morgan fingerprint density at radius 2 is 1.57 bits per heavy atom. The van der Waals surface area contributed by atoms with Gasteiger partial charge in [0.1, 0.15) is 11.9 Å². The highest BCUT2D eigenvalue weighted by Crippen LogP contribution is 2.49. The number of halogens is 4. The van der Waals surface area contributed by atoms with Gasteiger partial charge < -0.3 is 9.47 Å². The summed E-state index contributed by atoms with van der Waals surface area (Å²) in [6.07, 6.45) is 9.97. The van der Waals surface area contributed by atoms with E-state index in [0.29, 0.717) is 5.92 Å². The van der Waals surface area contributed by atoms with Crippen LogP contribution < -0.4 is 15.6 Å². The van der Waals surface area contributed by atoms with Gasteiger partial charge >= 0.3 is 0 Å². The molecule has 0 bridgehead atoms. The van der Waals surface area contributed by atoms with Crippen molar-refractivity contribution in [3.63, 3.8) is 0 Å². The Morgan fingerprint density at radius 3 is 2.10 bits per heavy atom. The molecular weight excluding hydrogens is 832 g/mol. The second-order valence-corrected chi connectivity index (χ2v) is 28.3. The molecule has 3 atom stereocenters. The minimum absolute atomic E-state index is 0.0258. The van der Waals surface area contributed by atoms with E-state index in [-0.39, 0.29) is 16.3 Å². The molecule has 0 N–H and O–H groups in total. The van der Waals surface area contributed by atoms with Gasteiger partial charge in [-0.25, -0.2) is 0 Å². The Bertz CT molecular complexity index is 1210. The van der Waals surface area contributed by atoms with Crippen LogP contribution in [0, 0.1) is 11.3 Å². The van der Waals surface area contributed by atoms with E-state index in [9.17, 15) is 0 Å². The summed E-state index contributed by atoms with van der Waals surface area (Å²) in [4.78, 5) is 0.147. The molecule has 0 aliphatic heterocycles. The fraction of sp³-hybridized carbons (Fsp3) is 0.576. The summed E-state index contributed by atoms with van der Waals surface area (Å²) < 4.78 is 15.8. The van der Waals surface area contributed by atoms with Crippen LogP contribution in [0.3, 0.4) is 0 Å². The SMILES string of the molecule is CCCOC1C(Br)=CC(C(C)(C)C2C=C(Br)C(OCCC[Si](C)(C)c3cc([SiH](C)C)cc([SiH](C)C)c3)=C(Br)C2)=CC1Br. The largest absolute Gasteiger partial charge is 0.492 e. The maximum atomic E-state index is 6.45. The van der Waals surface area contributed by atoms with E-state index >= 15 is 0 Å². The van der Waals surface area contributed by atoms with Gasteiger partial charge in [-0.1, -0.05) is 160 Å². The summed E-state index contributed by atoms with van der Waals surface area (Å²) in [5, 5.41) is 4.94. The smallest absolute Gasteiger partial charge is 0.143 e. The lowest BCUT2D eigenvalue weighted by Gasteiger charge is -2.39. The third kappa shape index (κ3) is 9.29. The van der Waals surface area contributed by atoms with Crippen LogP contribution in [0.4, 0.5) is 0 Å². The molecule has 1 aromatic rings. The molecule has 2 nitrogen and oxygen atoms in total. The minimum Gasteiger partial charge on any atom is -0.492 e. The van der Waals surface area contributed by atoms with E-state index in [0.717, 1.165) is 51.7 Å². The van der Waals surface area contributed by atoms with Gasteiger partial charge in [0.25, 0.3) is 0 Å². The van der Waals surface area contributed by atoms with Crippen molar-refractivity contribution in [2.45, 2.75) is 96.3 Å². The van der Waals surface area contributed by atoms with Gasteiger partial charge in [-0.3, -0.25) is 0 Å². The molecular formula is C33H50Br4O2Si3. The predicted molar refractivity (Wildman–Crippen MR) is 209 cm³/mol. The highest BCUT2D eigenvalue weighted by molar-refractivity contribution is 9.12. The van der Waals surface area contributed by atoms with E-state index in [1.54, 1.807) is 15.6 Å². The molecule has 2 aliphatic carbocycles. The van der Waals surface area contributed by atoms with Gasteiger partial charge in [0, 0.05) is 15.6 Å². The van der Waals surface area contributed by atoms with Gasteiger partial charge in [0.15, 0.2) is 0 Å². The van der Waals surface area contributed by atoms with Crippen LogP contribution in [0.1, 0.15) is 40.0 Å². The number of rotatable bonds is 13. The lowest BCUT2D eigenvalue weighted by Crippen LogP contribution is -2.47. The molecule has 9 heteroatoms. The van der Waals surface area contributed by atoms with Crippen molar-refractivity contribution in [3.8, 4) is 0 Å². The van der Waals surface area contributed by atoms with Crippen molar-refractivity contribution in [3.05, 3.63) is 61.2 Å². The zero-order valence-corrected chi connectivity index (χ0v) is 36.6. The maximum Gasteiger partial charge on any atom is 0.143 e. The van der Waals surface area contributed by atoms with Crippen LogP contribution in [0.25, 0.3) is 0 Å². The third-order valence-electron chi connectivity index (χ3n) is 8.86. The Balaban J connectivity index is 1.64. The Labute approximate surface area is 294 Å². The van der Waals surface area contributed by atoms with Gasteiger partial charge in [-0.05, 0) is 58.2 Å². The van der Waals surface area contributed by atoms with Crippen molar-refractivity contribution in [2.24, 2.45) is 11.3 Å². The predicted octanol–water partition coefficient (Wildman–Crippen LogP) is 9.11. The molecule has 42 heavy (non-hydrogen) atoms. The standard InChI is InChI=1S/C33H50Br4O2Si3/c1-10-12-38-31-27(34)15-22(16-28(31)35)33(2,3)23-17-29(36)32(30(37)18-23)39-13-11-14-42(8,9)26-20-24(40(4)5)19-25(21-26)41(6)7/h15-17,19-21,23,27,31,40-41H,10-14,18H2,1-9H3. The number of ether oxygens (including phenoxy) is 2. The normalized spacial score (nSPS) is 22.0. The van der Waals surface area contributed by atoms with Gasteiger partial charge in [0.05, 0.1) is 41.6 Å². The van der Waals surface area contributed by atoms with Crippen molar-refractivity contribution >= 4 is 105 Å². The molecule has 0 aromatic heterocycles. The van der Waals surface area contributed by atoms with Gasteiger partial charge in [0.2, 0.25) is 0 Å². The molecule has 3 rings (SSSR count). The quantitative estimate of drug-likeness (QED) is 0.112. The topological polar surface area (TPSA) is 18.5 Å². The summed E-state index contributed by atoms with van der Waals surface area (Å²) in [5.41, 5.74) is 1.25. The molecule has 0 amide bonds. The van der Waals surface area contributed by atoms with Crippen LogP contribution in [0.15, 0.2) is 61.2 Å². The van der Waals surface area contributed by atoms with Gasteiger partial charge in [-0.15, -0.1) is 0 Å². The number of benzene rings is 1. The number of allylic oxidation sites excluding steroid dienone is 5. The number of hydrogen-bond acceptors (Lipinski definition) is 2. The summed E-state index contributed by atoms with van der Waals surface area (Å²) in [6, 6.07) is 8.91. The van der Waals surface area contributed by atoms with E-state index in [1.165, 1.54) is 11.6 Å². The molecule has 0 radical (unpaired) electrons. The fourth-order valence-electron chi connectivity index (χ4n) is 5.63. The van der Waals surface area contributed by atoms with Crippen molar-refractivity contribution in [2.75, 3.05) is 13.2 Å². The monoisotopic (exact) mass is 878 g/mol. The zero-order valence-electron chi connectivity index (χ0n) is 26.9. The van der Waals surface area contributed by atoms with E-state index in [2.05, 4.69) is 160 Å². The molecule has 0 saturated carbocycles. The van der Waals surface area contributed by atoms with E-state index < -0.39 is 25.7 Å². The van der Waals surface area contributed by atoms with Crippen LogP contribution in [-0.2, 0) is 9.47 Å².